The quantitative estimate of drug-likeness (QED) is 0.447. The van der Waals surface area contributed by atoms with Crippen molar-refractivity contribution < 1.29 is 4.79 Å². The first-order valence-electron chi connectivity index (χ1n) is 3.95. The van der Waals surface area contributed by atoms with Crippen molar-refractivity contribution in [1.82, 2.24) is 0 Å². The van der Waals surface area contributed by atoms with E-state index in [9.17, 15) is 4.79 Å². The minimum absolute atomic E-state index is 0.0782. The topological polar surface area (TPSA) is 17.1 Å². The minimum atomic E-state index is 0.0782. The Hall–Kier alpha value is -0.850. The van der Waals surface area contributed by atoms with Crippen LogP contribution >= 0.6 is 0 Å². The molecule has 0 aromatic carbocycles. The van der Waals surface area contributed by atoms with E-state index in [1.54, 1.807) is 19.1 Å². The summed E-state index contributed by atoms with van der Waals surface area (Å²) in [6.45, 7) is 9.61. The van der Waals surface area contributed by atoms with Gasteiger partial charge in [0, 0.05) is 0 Å². The van der Waals surface area contributed by atoms with Crippen LogP contribution in [-0.2, 0) is 4.79 Å². The Labute approximate surface area is 68.8 Å². The highest BCUT2D eigenvalue weighted by Crippen LogP contribution is 2.12. The first-order valence-corrected chi connectivity index (χ1v) is 3.95. The zero-order valence-corrected chi connectivity index (χ0v) is 7.55. The molecule has 1 heteroatoms. The molecule has 0 spiro atoms. The molecule has 1 nitrogen and oxygen atoms in total. The fourth-order valence-corrected chi connectivity index (χ4v) is 0.651. The molecule has 0 saturated carbocycles. The Morgan fingerprint density at radius 2 is 2.09 bits per heavy atom. The predicted octanol–water partition coefficient (Wildman–Crippen LogP) is 2.73. The lowest BCUT2D eigenvalue weighted by Crippen LogP contribution is -1.93. The van der Waals surface area contributed by atoms with E-state index in [2.05, 4.69) is 20.4 Å². The Kier molecular flexibility index (Phi) is 4.51. The zero-order chi connectivity index (χ0) is 8.85. The highest BCUT2D eigenvalue weighted by molar-refractivity contribution is 5.87. The highest BCUT2D eigenvalue weighted by Gasteiger charge is 1.99. The molecule has 0 heterocycles. The van der Waals surface area contributed by atoms with E-state index < -0.39 is 0 Å². The van der Waals surface area contributed by atoms with Crippen molar-refractivity contribution in [2.45, 2.75) is 27.2 Å². The second-order valence-corrected chi connectivity index (χ2v) is 2.83. The van der Waals surface area contributed by atoms with Gasteiger partial charge in [0.15, 0.2) is 5.78 Å². The third-order valence-electron chi connectivity index (χ3n) is 1.78. The first-order chi connectivity index (χ1) is 5.07. The number of rotatable bonds is 4. The second kappa shape index (κ2) is 4.89. The molecule has 0 aliphatic heterocycles. The molecule has 62 valence electrons. The van der Waals surface area contributed by atoms with Crippen molar-refractivity contribution in [3.05, 3.63) is 24.3 Å². The van der Waals surface area contributed by atoms with Gasteiger partial charge in [0.25, 0.3) is 0 Å². The Morgan fingerprint density at radius 3 is 2.45 bits per heavy atom. The molecule has 0 aliphatic carbocycles. The first kappa shape index (κ1) is 10.2. The van der Waals surface area contributed by atoms with E-state index in [1.807, 2.05) is 0 Å². The van der Waals surface area contributed by atoms with E-state index in [0.717, 1.165) is 12.0 Å². The van der Waals surface area contributed by atoms with Crippen LogP contribution in [0.25, 0.3) is 0 Å². The van der Waals surface area contributed by atoms with Crippen LogP contribution < -0.4 is 0 Å². The summed E-state index contributed by atoms with van der Waals surface area (Å²) in [6, 6.07) is 0. The van der Waals surface area contributed by atoms with Crippen molar-refractivity contribution in [1.29, 1.82) is 0 Å². The minimum Gasteiger partial charge on any atom is -0.295 e. The summed E-state index contributed by atoms with van der Waals surface area (Å²) >= 11 is 0. The molecule has 0 aliphatic rings. The monoisotopic (exact) mass is 152 g/mol. The highest BCUT2D eigenvalue weighted by atomic mass is 16.1. The molecule has 0 radical (unpaired) electrons. The van der Waals surface area contributed by atoms with Gasteiger partial charge in [0.05, 0.1) is 0 Å². The third kappa shape index (κ3) is 4.54. The molecule has 0 amide bonds. The Morgan fingerprint density at radius 1 is 1.55 bits per heavy atom. The average Bonchev–Trinajstić information content (AvgIpc) is 1.98. The molecule has 0 rings (SSSR count). The van der Waals surface area contributed by atoms with Gasteiger partial charge in [-0.25, -0.2) is 0 Å². The van der Waals surface area contributed by atoms with E-state index >= 15 is 0 Å². The molecular weight excluding hydrogens is 136 g/mol. The second-order valence-electron chi connectivity index (χ2n) is 2.83. The van der Waals surface area contributed by atoms with Crippen LogP contribution in [0.15, 0.2) is 24.3 Å². The van der Waals surface area contributed by atoms with Gasteiger partial charge in [-0.1, -0.05) is 32.1 Å². The fourth-order valence-electron chi connectivity index (χ4n) is 0.651. The van der Waals surface area contributed by atoms with Gasteiger partial charge in [0.1, 0.15) is 0 Å². The molecule has 0 bridgehead atoms. The molecule has 1 atom stereocenters. The molecule has 0 aromatic heterocycles. The summed E-state index contributed by atoms with van der Waals surface area (Å²) in [5.74, 6) is 0.556. The summed E-state index contributed by atoms with van der Waals surface area (Å²) in [4.78, 5) is 10.5. The Balaban J connectivity index is 3.96. The summed E-state index contributed by atoms with van der Waals surface area (Å²) in [7, 11) is 0. The van der Waals surface area contributed by atoms with E-state index in [0.29, 0.717) is 5.92 Å². The largest absolute Gasteiger partial charge is 0.295 e. The third-order valence-corrected chi connectivity index (χ3v) is 1.78. The number of carbonyl (C=O) groups excluding carboxylic acids is 1. The van der Waals surface area contributed by atoms with Gasteiger partial charge < -0.3 is 0 Å². The van der Waals surface area contributed by atoms with E-state index in [4.69, 9.17) is 0 Å². The molecule has 11 heavy (non-hydrogen) atoms. The maximum Gasteiger partial charge on any atom is 0.152 e. The van der Waals surface area contributed by atoms with Crippen molar-refractivity contribution in [3.8, 4) is 0 Å². The lowest BCUT2D eigenvalue weighted by Gasteiger charge is -2.06. The molecule has 0 aromatic rings. The van der Waals surface area contributed by atoms with E-state index in [1.165, 1.54) is 0 Å². The molecule has 0 N–H and O–H groups in total. The number of allylic oxidation sites excluding steroid dienone is 3. The summed E-state index contributed by atoms with van der Waals surface area (Å²) in [5, 5.41) is 0. The summed E-state index contributed by atoms with van der Waals surface area (Å²) in [6.07, 6.45) is 4.44. The van der Waals surface area contributed by atoms with Gasteiger partial charge in [-0.05, 0) is 25.3 Å². The smallest absolute Gasteiger partial charge is 0.152 e. The standard InChI is InChI=1S/C10H16O/c1-5-8(2)9(3)6-7-10(4)11/h6-8H,3,5H2,1-2,4H3/b7-6-. The van der Waals surface area contributed by atoms with Crippen molar-refractivity contribution in [3.63, 3.8) is 0 Å². The molecule has 0 fully saturated rings. The van der Waals surface area contributed by atoms with Gasteiger partial charge in [-0.15, -0.1) is 0 Å². The number of carbonyl (C=O) groups is 1. The molecular formula is C10H16O. The fraction of sp³-hybridized carbons (Fsp3) is 0.500. The summed E-state index contributed by atoms with van der Waals surface area (Å²) in [5.41, 5.74) is 1.03. The molecule has 0 saturated heterocycles. The van der Waals surface area contributed by atoms with Crippen molar-refractivity contribution in [2.24, 2.45) is 5.92 Å². The maximum atomic E-state index is 10.5. The van der Waals surface area contributed by atoms with Gasteiger partial charge in [-0.2, -0.15) is 0 Å². The van der Waals surface area contributed by atoms with Crippen molar-refractivity contribution >= 4 is 5.78 Å². The van der Waals surface area contributed by atoms with Crippen LogP contribution in [0.3, 0.4) is 0 Å². The lowest BCUT2D eigenvalue weighted by atomic mass is 10.00. The van der Waals surface area contributed by atoms with Crippen molar-refractivity contribution in [2.75, 3.05) is 0 Å². The van der Waals surface area contributed by atoms with Gasteiger partial charge >= 0.3 is 0 Å². The van der Waals surface area contributed by atoms with Crippen LogP contribution in [0.2, 0.25) is 0 Å². The number of hydrogen-bond donors (Lipinski definition) is 0. The Bertz CT molecular complexity index is 177. The van der Waals surface area contributed by atoms with Crippen LogP contribution in [0.1, 0.15) is 27.2 Å². The van der Waals surface area contributed by atoms with Crippen LogP contribution in [0, 0.1) is 5.92 Å². The summed E-state index contributed by atoms with van der Waals surface area (Å²) < 4.78 is 0. The van der Waals surface area contributed by atoms with Crippen LogP contribution in [-0.4, -0.2) is 5.78 Å². The molecule has 1 unspecified atom stereocenters. The van der Waals surface area contributed by atoms with Crippen LogP contribution in [0.5, 0.6) is 0 Å². The normalized spacial score (nSPS) is 13.4. The van der Waals surface area contributed by atoms with E-state index in [-0.39, 0.29) is 5.78 Å². The van der Waals surface area contributed by atoms with Gasteiger partial charge in [0.2, 0.25) is 0 Å². The van der Waals surface area contributed by atoms with Crippen LogP contribution in [0.4, 0.5) is 0 Å². The number of hydrogen-bond acceptors (Lipinski definition) is 1. The maximum absolute atomic E-state index is 10.5. The average molecular weight is 152 g/mol. The zero-order valence-electron chi connectivity index (χ0n) is 7.55. The number of ketones is 1. The SMILES string of the molecule is C=C(/C=C\C(C)=O)C(C)CC. The lowest BCUT2D eigenvalue weighted by molar-refractivity contribution is -0.112. The van der Waals surface area contributed by atoms with Gasteiger partial charge in [-0.3, -0.25) is 4.79 Å². The predicted molar refractivity (Wildman–Crippen MR) is 48.4 cm³/mol.